The molecule has 7 nitrogen and oxygen atoms in total. The first-order valence-electron chi connectivity index (χ1n) is 7.92. The Bertz CT molecular complexity index is 959. The summed E-state index contributed by atoms with van der Waals surface area (Å²) in [6, 6.07) is 16.7. The molecule has 0 aliphatic heterocycles. The summed E-state index contributed by atoms with van der Waals surface area (Å²) in [5.41, 5.74) is 1.53. The van der Waals surface area contributed by atoms with Gasteiger partial charge in [0.05, 0.1) is 23.3 Å². The fraction of sp³-hybridized carbons (Fsp3) is 0.0526. The first kappa shape index (κ1) is 18.3. The summed E-state index contributed by atoms with van der Waals surface area (Å²) in [4.78, 5) is 23.6. The molecule has 0 radical (unpaired) electrons. The van der Waals surface area contributed by atoms with Crippen LogP contribution in [-0.2, 0) is 4.74 Å². The zero-order chi connectivity index (χ0) is 19.2. The maximum atomic E-state index is 12.2. The van der Waals surface area contributed by atoms with Gasteiger partial charge in [0, 0.05) is 5.69 Å². The van der Waals surface area contributed by atoms with E-state index in [0.29, 0.717) is 27.8 Å². The van der Waals surface area contributed by atoms with Gasteiger partial charge in [-0.15, -0.1) is 10.2 Å². The molecule has 3 aromatic rings. The number of amides is 1. The van der Waals surface area contributed by atoms with Gasteiger partial charge in [0.25, 0.3) is 5.91 Å². The summed E-state index contributed by atoms with van der Waals surface area (Å²) in [5.74, 6) is 0.0111. The summed E-state index contributed by atoms with van der Waals surface area (Å²) in [6.45, 7) is 0. The van der Waals surface area contributed by atoms with E-state index in [0.717, 1.165) is 5.69 Å². The topological polar surface area (TPSA) is 93.2 Å². The van der Waals surface area contributed by atoms with Crippen molar-refractivity contribution in [3.05, 3.63) is 76.8 Å². The van der Waals surface area contributed by atoms with Crippen LogP contribution in [0.25, 0.3) is 0 Å². The van der Waals surface area contributed by atoms with E-state index in [-0.39, 0.29) is 5.91 Å². The minimum atomic E-state index is -0.403. The number of esters is 1. The van der Waals surface area contributed by atoms with Crippen LogP contribution in [0.3, 0.4) is 0 Å². The van der Waals surface area contributed by atoms with Crippen molar-refractivity contribution in [2.75, 3.05) is 17.7 Å². The quantitative estimate of drug-likeness (QED) is 0.650. The van der Waals surface area contributed by atoms with Crippen molar-refractivity contribution >= 4 is 40.8 Å². The van der Waals surface area contributed by atoms with E-state index in [1.165, 1.54) is 7.11 Å². The average Bonchev–Trinajstić information content (AvgIpc) is 2.69. The van der Waals surface area contributed by atoms with E-state index in [4.69, 9.17) is 11.6 Å². The largest absolute Gasteiger partial charge is 0.465 e. The molecule has 8 heteroatoms. The highest BCUT2D eigenvalue weighted by Crippen LogP contribution is 2.18. The van der Waals surface area contributed by atoms with Crippen LogP contribution in [0.2, 0.25) is 5.02 Å². The van der Waals surface area contributed by atoms with Crippen molar-refractivity contribution < 1.29 is 14.3 Å². The Morgan fingerprint density at radius 3 is 2.22 bits per heavy atom. The second-order valence-corrected chi connectivity index (χ2v) is 5.84. The van der Waals surface area contributed by atoms with Crippen LogP contribution in [0.15, 0.2) is 60.7 Å². The third kappa shape index (κ3) is 4.59. The van der Waals surface area contributed by atoms with E-state index in [1.54, 1.807) is 60.7 Å². The first-order valence-corrected chi connectivity index (χ1v) is 8.29. The van der Waals surface area contributed by atoms with Crippen molar-refractivity contribution in [2.45, 2.75) is 0 Å². The molecule has 0 saturated carbocycles. The van der Waals surface area contributed by atoms with Crippen LogP contribution < -0.4 is 10.6 Å². The fourth-order valence-corrected chi connectivity index (χ4v) is 2.47. The van der Waals surface area contributed by atoms with Gasteiger partial charge >= 0.3 is 5.97 Å². The fourth-order valence-electron chi connectivity index (χ4n) is 2.25. The molecule has 0 fully saturated rings. The van der Waals surface area contributed by atoms with Crippen molar-refractivity contribution in [2.24, 2.45) is 0 Å². The second-order valence-electron chi connectivity index (χ2n) is 5.43. The van der Waals surface area contributed by atoms with Crippen LogP contribution >= 0.6 is 11.6 Å². The van der Waals surface area contributed by atoms with Crippen molar-refractivity contribution in [1.29, 1.82) is 0 Å². The van der Waals surface area contributed by atoms with Gasteiger partial charge in [-0.3, -0.25) is 4.79 Å². The number of aromatic nitrogens is 2. The molecule has 0 atom stereocenters. The molecule has 0 aliphatic rings. The van der Waals surface area contributed by atoms with Crippen LogP contribution in [0.1, 0.15) is 20.7 Å². The summed E-state index contributed by atoms with van der Waals surface area (Å²) < 4.78 is 4.65. The van der Waals surface area contributed by atoms with Crippen molar-refractivity contribution in [3.8, 4) is 0 Å². The molecular formula is C19H15ClN4O3. The van der Waals surface area contributed by atoms with E-state index in [1.807, 2.05) is 0 Å². The third-order valence-corrected chi connectivity index (χ3v) is 3.93. The van der Waals surface area contributed by atoms with Gasteiger partial charge in [0.2, 0.25) is 0 Å². The minimum Gasteiger partial charge on any atom is -0.465 e. The second kappa shape index (κ2) is 8.29. The van der Waals surface area contributed by atoms with Gasteiger partial charge in [0.15, 0.2) is 11.6 Å². The highest BCUT2D eigenvalue weighted by molar-refractivity contribution is 6.34. The summed E-state index contributed by atoms with van der Waals surface area (Å²) in [5, 5.41) is 14.0. The molecule has 27 heavy (non-hydrogen) atoms. The Balaban J connectivity index is 1.64. The Kier molecular flexibility index (Phi) is 5.63. The predicted octanol–water partition coefficient (Wildman–Crippen LogP) is 3.91. The summed E-state index contributed by atoms with van der Waals surface area (Å²) in [6.07, 6.45) is 0. The lowest BCUT2D eigenvalue weighted by atomic mass is 10.2. The Morgan fingerprint density at radius 1 is 0.926 bits per heavy atom. The Hall–Kier alpha value is -3.45. The number of hydrogen-bond donors (Lipinski definition) is 2. The average molecular weight is 383 g/mol. The molecule has 2 N–H and O–H groups in total. The SMILES string of the molecule is COC(=O)c1ccc(Nc2ccc(NC(=O)c3ccccc3Cl)nn2)cc1. The number of nitrogens with zero attached hydrogens (tertiary/aromatic N) is 2. The summed E-state index contributed by atoms with van der Waals surface area (Å²) in [7, 11) is 1.33. The number of benzene rings is 2. The smallest absolute Gasteiger partial charge is 0.337 e. The molecule has 1 heterocycles. The van der Waals surface area contributed by atoms with Crippen molar-refractivity contribution in [3.63, 3.8) is 0 Å². The maximum Gasteiger partial charge on any atom is 0.337 e. The Morgan fingerprint density at radius 2 is 1.59 bits per heavy atom. The number of rotatable bonds is 5. The molecule has 0 spiro atoms. The molecule has 2 aromatic carbocycles. The number of carbonyl (C=O) groups is 2. The predicted molar refractivity (Wildman–Crippen MR) is 103 cm³/mol. The van der Waals surface area contributed by atoms with Gasteiger partial charge in [-0.1, -0.05) is 23.7 Å². The molecule has 1 aromatic heterocycles. The van der Waals surface area contributed by atoms with Crippen LogP contribution in [0, 0.1) is 0 Å². The number of ether oxygens (including phenoxy) is 1. The van der Waals surface area contributed by atoms with Gasteiger partial charge in [-0.25, -0.2) is 4.79 Å². The third-order valence-electron chi connectivity index (χ3n) is 3.60. The lowest BCUT2D eigenvalue weighted by Crippen LogP contribution is -2.14. The normalized spacial score (nSPS) is 10.1. The number of halogens is 1. The van der Waals surface area contributed by atoms with E-state index in [9.17, 15) is 9.59 Å². The minimum absolute atomic E-state index is 0.298. The molecule has 0 saturated heterocycles. The van der Waals surface area contributed by atoms with Crippen LogP contribution in [-0.4, -0.2) is 29.2 Å². The Labute approximate surface area is 160 Å². The van der Waals surface area contributed by atoms with Gasteiger partial charge in [-0.05, 0) is 48.5 Å². The van der Waals surface area contributed by atoms with Gasteiger partial charge in [0.1, 0.15) is 0 Å². The van der Waals surface area contributed by atoms with Crippen LogP contribution in [0.4, 0.5) is 17.3 Å². The highest BCUT2D eigenvalue weighted by atomic mass is 35.5. The number of methoxy groups -OCH3 is 1. The van der Waals surface area contributed by atoms with Crippen molar-refractivity contribution in [1.82, 2.24) is 10.2 Å². The molecule has 3 rings (SSSR count). The van der Waals surface area contributed by atoms with E-state index >= 15 is 0 Å². The zero-order valence-corrected chi connectivity index (χ0v) is 15.0. The summed E-state index contributed by atoms with van der Waals surface area (Å²) >= 11 is 6.00. The molecule has 0 aliphatic carbocycles. The van der Waals surface area contributed by atoms with E-state index < -0.39 is 5.97 Å². The number of nitrogens with one attached hydrogen (secondary N) is 2. The number of anilines is 3. The molecule has 136 valence electrons. The lowest BCUT2D eigenvalue weighted by molar-refractivity contribution is 0.0600. The van der Waals surface area contributed by atoms with Gasteiger partial charge < -0.3 is 15.4 Å². The molecule has 0 unspecified atom stereocenters. The maximum absolute atomic E-state index is 12.2. The van der Waals surface area contributed by atoms with Gasteiger partial charge in [-0.2, -0.15) is 0 Å². The standard InChI is InChI=1S/C19H15ClN4O3/c1-27-19(26)12-6-8-13(9-7-12)21-16-10-11-17(24-23-16)22-18(25)14-4-2-3-5-15(14)20/h2-11H,1H3,(H,21,23)(H,22,24,25). The molecular weight excluding hydrogens is 368 g/mol. The monoisotopic (exact) mass is 382 g/mol. The molecule has 0 bridgehead atoms. The lowest BCUT2D eigenvalue weighted by Gasteiger charge is -2.08. The highest BCUT2D eigenvalue weighted by Gasteiger charge is 2.11. The number of hydrogen-bond acceptors (Lipinski definition) is 6. The van der Waals surface area contributed by atoms with Crippen LogP contribution in [0.5, 0.6) is 0 Å². The van der Waals surface area contributed by atoms with E-state index in [2.05, 4.69) is 25.6 Å². The molecule has 1 amide bonds. The number of carbonyl (C=O) groups excluding carboxylic acids is 2. The zero-order valence-electron chi connectivity index (χ0n) is 14.3. The first-order chi connectivity index (χ1) is 13.1.